The molecule has 3 atom stereocenters. The molecular formula is C35H41N3O5. The van der Waals surface area contributed by atoms with Crippen molar-refractivity contribution in [3.63, 3.8) is 0 Å². The van der Waals surface area contributed by atoms with E-state index in [0.29, 0.717) is 24.3 Å². The Morgan fingerprint density at radius 3 is 2.47 bits per heavy atom. The highest BCUT2D eigenvalue weighted by Gasteiger charge is 2.40. The number of esters is 1. The number of aryl methyl sites for hydroxylation is 1. The van der Waals surface area contributed by atoms with E-state index in [1.54, 1.807) is 17.0 Å². The van der Waals surface area contributed by atoms with Gasteiger partial charge in [-0.25, -0.2) is 4.79 Å². The molecule has 8 nitrogen and oxygen atoms in total. The highest BCUT2D eigenvalue weighted by atomic mass is 16.5. The minimum Gasteiger partial charge on any atom is -0.489 e. The molecule has 1 aliphatic heterocycles. The zero-order chi connectivity index (χ0) is 30.7. The van der Waals surface area contributed by atoms with E-state index >= 15 is 0 Å². The molecule has 0 aromatic heterocycles. The zero-order valence-electron chi connectivity index (χ0n) is 25.4. The summed E-state index contributed by atoms with van der Waals surface area (Å²) in [6.07, 6.45) is 3.28. The molecule has 0 bridgehead atoms. The van der Waals surface area contributed by atoms with Crippen LogP contribution in [-0.4, -0.2) is 41.9 Å². The number of amides is 2. The summed E-state index contributed by atoms with van der Waals surface area (Å²) in [6.45, 7) is 6.38. The van der Waals surface area contributed by atoms with E-state index in [4.69, 9.17) is 15.2 Å². The lowest BCUT2D eigenvalue weighted by Gasteiger charge is -2.40. The van der Waals surface area contributed by atoms with Gasteiger partial charge in [-0.2, -0.15) is 0 Å². The van der Waals surface area contributed by atoms with Crippen LogP contribution in [0.25, 0.3) is 0 Å². The van der Waals surface area contributed by atoms with Gasteiger partial charge in [0.25, 0.3) is 0 Å². The Labute approximate surface area is 253 Å². The van der Waals surface area contributed by atoms with Crippen molar-refractivity contribution in [1.82, 2.24) is 10.2 Å². The van der Waals surface area contributed by atoms with E-state index in [2.05, 4.69) is 17.4 Å². The van der Waals surface area contributed by atoms with Crippen LogP contribution in [0, 0.1) is 5.41 Å². The second-order valence-electron chi connectivity index (χ2n) is 12.6. The summed E-state index contributed by atoms with van der Waals surface area (Å²) in [6, 6.07) is 19.6. The number of hydrogen-bond acceptors (Lipinski definition) is 6. The van der Waals surface area contributed by atoms with E-state index in [1.807, 2.05) is 63.2 Å². The number of nitrogens with two attached hydrogens (primary N) is 1. The maximum absolute atomic E-state index is 13.9. The van der Waals surface area contributed by atoms with Crippen LogP contribution >= 0.6 is 0 Å². The van der Waals surface area contributed by atoms with Gasteiger partial charge < -0.3 is 25.4 Å². The molecule has 0 saturated carbocycles. The van der Waals surface area contributed by atoms with Crippen LogP contribution in [0.3, 0.4) is 0 Å². The van der Waals surface area contributed by atoms with Crippen LogP contribution in [0.2, 0.25) is 0 Å². The van der Waals surface area contributed by atoms with Gasteiger partial charge in [-0.15, -0.1) is 0 Å². The van der Waals surface area contributed by atoms with Crippen molar-refractivity contribution < 1.29 is 23.9 Å². The normalized spacial score (nSPS) is 18.6. The lowest BCUT2D eigenvalue weighted by molar-refractivity contribution is -0.145. The number of nitrogens with one attached hydrogen (secondary N) is 1. The molecule has 3 aromatic carbocycles. The number of fused-ring (bicyclic) bond motifs is 2. The van der Waals surface area contributed by atoms with E-state index in [-0.39, 0.29) is 30.4 Å². The summed E-state index contributed by atoms with van der Waals surface area (Å²) >= 11 is 0. The average Bonchev–Trinajstić information content (AvgIpc) is 3.01. The van der Waals surface area contributed by atoms with Crippen LogP contribution < -0.4 is 15.8 Å². The molecular weight excluding hydrogens is 542 g/mol. The third kappa shape index (κ3) is 6.75. The molecule has 1 aliphatic carbocycles. The number of benzene rings is 3. The Morgan fingerprint density at radius 1 is 1.00 bits per heavy atom. The number of rotatable bonds is 7. The SMILES string of the molecule is COC(=O)c1ccc(COc2ccc3c(c2)CN(C(=O)C(N)C(C)(C)C)[C@H](C(=O)N[C@@H]2CCCc4ccccc42)C3)cc1. The lowest BCUT2D eigenvalue weighted by Crippen LogP contribution is -2.59. The summed E-state index contributed by atoms with van der Waals surface area (Å²) < 4.78 is 10.8. The number of nitrogens with zero attached hydrogens (tertiary/aromatic N) is 1. The highest BCUT2D eigenvalue weighted by molar-refractivity contribution is 5.91. The summed E-state index contributed by atoms with van der Waals surface area (Å²) in [5.41, 5.74) is 11.7. The van der Waals surface area contributed by atoms with Gasteiger partial charge in [-0.3, -0.25) is 9.59 Å². The molecule has 0 fully saturated rings. The van der Waals surface area contributed by atoms with Crippen molar-refractivity contribution in [1.29, 1.82) is 0 Å². The van der Waals surface area contributed by atoms with Gasteiger partial charge in [0.15, 0.2) is 0 Å². The minimum absolute atomic E-state index is 0.0791. The third-order valence-electron chi connectivity index (χ3n) is 8.56. The van der Waals surface area contributed by atoms with Gasteiger partial charge >= 0.3 is 5.97 Å². The van der Waals surface area contributed by atoms with Crippen molar-refractivity contribution in [3.05, 3.63) is 100 Å². The Hall–Kier alpha value is -4.17. The molecule has 226 valence electrons. The summed E-state index contributed by atoms with van der Waals surface area (Å²) in [5.74, 6) is -0.120. The summed E-state index contributed by atoms with van der Waals surface area (Å²) in [4.78, 5) is 41.1. The summed E-state index contributed by atoms with van der Waals surface area (Å²) in [7, 11) is 1.35. The number of carbonyl (C=O) groups is 3. The molecule has 8 heteroatoms. The number of carbonyl (C=O) groups excluding carboxylic acids is 3. The molecule has 43 heavy (non-hydrogen) atoms. The van der Waals surface area contributed by atoms with E-state index in [1.165, 1.54) is 12.7 Å². The predicted molar refractivity (Wildman–Crippen MR) is 164 cm³/mol. The Bertz CT molecular complexity index is 1490. The van der Waals surface area contributed by atoms with Crippen molar-refractivity contribution in [2.24, 2.45) is 11.1 Å². The first-order chi connectivity index (χ1) is 20.5. The lowest BCUT2D eigenvalue weighted by atomic mass is 9.84. The molecule has 2 amide bonds. The fraction of sp³-hybridized carbons (Fsp3) is 0.400. The van der Waals surface area contributed by atoms with Crippen molar-refractivity contribution >= 4 is 17.8 Å². The highest BCUT2D eigenvalue weighted by Crippen LogP contribution is 2.33. The fourth-order valence-corrected chi connectivity index (χ4v) is 5.86. The van der Waals surface area contributed by atoms with E-state index in [0.717, 1.165) is 41.5 Å². The van der Waals surface area contributed by atoms with Gasteiger partial charge in [0.05, 0.1) is 24.8 Å². The van der Waals surface area contributed by atoms with Crippen LogP contribution in [-0.2, 0) is 40.3 Å². The molecule has 1 unspecified atom stereocenters. The first-order valence-electron chi connectivity index (χ1n) is 14.9. The molecule has 0 radical (unpaired) electrons. The zero-order valence-corrected chi connectivity index (χ0v) is 25.4. The Balaban J connectivity index is 1.35. The molecule has 0 saturated heterocycles. The van der Waals surface area contributed by atoms with Crippen molar-refractivity contribution in [2.45, 2.75) is 77.7 Å². The monoisotopic (exact) mass is 583 g/mol. The second-order valence-corrected chi connectivity index (χ2v) is 12.6. The van der Waals surface area contributed by atoms with Crippen LogP contribution in [0.5, 0.6) is 5.75 Å². The topological polar surface area (TPSA) is 111 Å². The van der Waals surface area contributed by atoms with Gasteiger partial charge in [0.2, 0.25) is 11.8 Å². The van der Waals surface area contributed by atoms with Crippen LogP contribution in [0.4, 0.5) is 0 Å². The number of methoxy groups -OCH3 is 1. The van der Waals surface area contributed by atoms with Gasteiger partial charge in [0, 0.05) is 13.0 Å². The first-order valence-corrected chi connectivity index (χ1v) is 14.9. The quantitative estimate of drug-likeness (QED) is 0.384. The van der Waals surface area contributed by atoms with E-state index in [9.17, 15) is 14.4 Å². The van der Waals surface area contributed by atoms with E-state index < -0.39 is 17.5 Å². The molecule has 3 aromatic rings. The Morgan fingerprint density at radius 2 is 1.74 bits per heavy atom. The Kier molecular flexibility index (Phi) is 8.87. The molecule has 2 aliphatic rings. The number of ether oxygens (including phenoxy) is 2. The van der Waals surface area contributed by atoms with Crippen molar-refractivity contribution in [3.8, 4) is 5.75 Å². The molecule has 1 heterocycles. The summed E-state index contributed by atoms with van der Waals surface area (Å²) in [5, 5.41) is 3.28. The maximum Gasteiger partial charge on any atom is 0.337 e. The predicted octanol–water partition coefficient (Wildman–Crippen LogP) is 4.87. The second kappa shape index (κ2) is 12.6. The number of hydrogen-bond donors (Lipinski definition) is 2. The average molecular weight is 584 g/mol. The van der Waals surface area contributed by atoms with Crippen LogP contribution in [0.1, 0.15) is 77.8 Å². The van der Waals surface area contributed by atoms with Gasteiger partial charge in [0.1, 0.15) is 18.4 Å². The molecule has 5 rings (SSSR count). The minimum atomic E-state index is -0.757. The molecule has 0 spiro atoms. The largest absolute Gasteiger partial charge is 0.489 e. The standard InChI is InChI=1S/C35H41N3O5/c1-35(2,3)31(36)33(40)38-20-26-18-27(43-21-22-12-14-24(15-13-22)34(41)42-4)17-16-25(26)19-30(38)32(39)37-29-11-7-9-23-8-5-6-10-28(23)29/h5-6,8,10,12-18,29-31H,7,9,11,19-21,36H2,1-4H3,(H,37,39)/t29-,30+,31?/m1/s1. The van der Waals surface area contributed by atoms with Crippen LogP contribution in [0.15, 0.2) is 66.7 Å². The third-order valence-corrected chi connectivity index (χ3v) is 8.56. The maximum atomic E-state index is 13.9. The fourth-order valence-electron chi connectivity index (χ4n) is 5.86. The molecule has 3 N–H and O–H groups in total. The smallest absolute Gasteiger partial charge is 0.337 e. The van der Waals surface area contributed by atoms with Crippen molar-refractivity contribution in [2.75, 3.05) is 7.11 Å². The first kappa shape index (κ1) is 30.3. The van der Waals surface area contributed by atoms with Gasteiger partial charge in [-0.05, 0) is 76.8 Å². The van der Waals surface area contributed by atoms with Gasteiger partial charge in [-0.1, -0.05) is 63.2 Å².